The predicted molar refractivity (Wildman–Crippen MR) is 132 cm³/mol. The van der Waals surface area contributed by atoms with Gasteiger partial charge in [-0.1, -0.05) is 0 Å². The molecule has 5 rings (SSSR count). The van der Waals surface area contributed by atoms with Crippen molar-refractivity contribution >= 4 is 34.2 Å². The first-order valence-corrected chi connectivity index (χ1v) is 12.1. The molecule has 0 spiro atoms. The monoisotopic (exact) mass is 517 g/mol. The normalized spacial score (nSPS) is 16.4. The number of nitro benzene ring substituents is 1. The molecular weight excluding hydrogens is 491 g/mol. The number of anilines is 3. The van der Waals surface area contributed by atoms with Gasteiger partial charge in [0.2, 0.25) is 5.95 Å². The number of halogens is 3. The van der Waals surface area contributed by atoms with Crippen molar-refractivity contribution < 1.29 is 22.8 Å². The Kier molecular flexibility index (Phi) is 6.96. The fourth-order valence-electron chi connectivity index (χ4n) is 4.58. The lowest BCUT2D eigenvalue weighted by molar-refractivity contribution is -0.385. The summed E-state index contributed by atoms with van der Waals surface area (Å²) in [6, 6.07) is 4.60. The van der Waals surface area contributed by atoms with Gasteiger partial charge in [0, 0.05) is 50.2 Å². The topological polar surface area (TPSA) is 110 Å². The van der Waals surface area contributed by atoms with Gasteiger partial charge in [0.1, 0.15) is 11.6 Å². The highest BCUT2D eigenvalue weighted by molar-refractivity contribution is 5.91. The minimum Gasteiger partial charge on any atom is -0.378 e. The number of hydrogen-bond acceptors (Lipinski definition) is 9. The van der Waals surface area contributed by atoms with Crippen LogP contribution in [0.25, 0.3) is 10.9 Å². The summed E-state index contributed by atoms with van der Waals surface area (Å²) in [6.45, 7) is 4.45. The van der Waals surface area contributed by atoms with Gasteiger partial charge in [-0.2, -0.15) is 18.2 Å². The Morgan fingerprint density at radius 3 is 2.49 bits per heavy atom. The number of nitrogens with one attached hydrogen (secondary N) is 1. The largest absolute Gasteiger partial charge is 0.416 e. The van der Waals surface area contributed by atoms with Crippen LogP contribution >= 0.6 is 0 Å². The number of non-ortho nitro benzene ring substituents is 1. The fraction of sp³-hybridized carbons (Fsp3) is 0.458. The molecule has 0 aliphatic carbocycles. The molecule has 37 heavy (non-hydrogen) atoms. The van der Waals surface area contributed by atoms with Crippen molar-refractivity contribution in [1.82, 2.24) is 15.0 Å². The van der Waals surface area contributed by atoms with E-state index < -0.39 is 22.4 Å². The molecule has 0 unspecified atom stereocenters. The van der Waals surface area contributed by atoms with E-state index in [2.05, 4.69) is 15.2 Å². The lowest BCUT2D eigenvalue weighted by Crippen LogP contribution is -2.37. The van der Waals surface area contributed by atoms with Crippen LogP contribution < -0.4 is 15.1 Å². The van der Waals surface area contributed by atoms with E-state index in [0.717, 1.165) is 43.2 Å². The van der Waals surface area contributed by atoms with Crippen LogP contribution in [0.5, 0.6) is 0 Å². The van der Waals surface area contributed by atoms with E-state index in [1.807, 2.05) is 11.0 Å². The van der Waals surface area contributed by atoms with Crippen molar-refractivity contribution in [3.63, 3.8) is 0 Å². The molecule has 3 aromatic rings. The summed E-state index contributed by atoms with van der Waals surface area (Å²) in [7, 11) is 0. The van der Waals surface area contributed by atoms with Crippen LogP contribution in [0.4, 0.5) is 36.4 Å². The highest BCUT2D eigenvalue weighted by atomic mass is 19.4. The van der Waals surface area contributed by atoms with E-state index in [-0.39, 0.29) is 18.5 Å². The minimum absolute atomic E-state index is 0.132. The van der Waals surface area contributed by atoms with E-state index >= 15 is 0 Å². The lowest BCUT2D eigenvalue weighted by atomic mass is 10.1. The molecule has 2 aromatic heterocycles. The SMILES string of the molecule is O=[N+]([O-])c1cc(CCNc2nc(N3CCOCC3)nc3cnc(N4CCCC4)cc23)cc(C(F)(F)F)c1. The number of ether oxygens (including phenoxy) is 1. The molecular formula is C24H26F3N7O3. The van der Waals surface area contributed by atoms with Gasteiger partial charge >= 0.3 is 6.18 Å². The lowest BCUT2D eigenvalue weighted by Gasteiger charge is -2.27. The summed E-state index contributed by atoms with van der Waals surface area (Å²) in [5.41, 5.74) is -0.773. The van der Waals surface area contributed by atoms with Gasteiger partial charge in [0.05, 0.1) is 35.4 Å². The second-order valence-corrected chi connectivity index (χ2v) is 9.05. The zero-order valence-corrected chi connectivity index (χ0v) is 20.0. The van der Waals surface area contributed by atoms with Crippen molar-refractivity contribution in [1.29, 1.82) is 0 Å². The third kappa shape index (κ3) is 5.66. The van der Waals surface area contributed by atoms with Crippen LogP contribution in [0.2, 0.25) is 0 Å². The number of fused-ring (bicyclic) bond motifs is 1. The van der Waals surface area contributed by atoms with Crippen molar-refractivity contribution in [2.24, 2.45) is 0 Å². The summed E-state index contributed by atoms with van der Waals surface area (Å²) in [4.78, 5) is 28.6. The number of rotatable bonds is 7. The van der Waals surface area contributed by atoms with Crippen LogP contribution in [0.1, 0.15) is 24.0 Å². The predicted octanol–water partition coefficient (Wildman–Crippen LogP) is 4.04. The van der Waals surface area contributed by atoms with E-state index in [0.29, 0.717) is 49.7 Å². The van der Waals surface area contributed by atoms with Gasteiger partial charge in [-0.25, -0.2) is 9.97 Å². The molecule has 0 saturated carbocycles. The third-order valence-corrected chi connectivity index (χ3v) is 6.50. The summed E-state index contributed by atoms with van der Waals surface area (Å²) in [5.74, 6) is 1.88. The van der Waals surface area contributed by atoms with E-state index in [1.54, 1.807) is 6.20 Å². The van der Waals surface area contributed by atoms with E-state index in [9.17, 15) is 23.3 Å². The standard InChI is InChI=1S/C24H26F3N7O3/c25-24(26,27)17-11-16(12-18(13-17)34(35)36)3-4-28-22-19-14-21(32-5-1-2-6-32)29-15-20(19)30-23(31-22)33-7-9-37-10-8-33/h11-15H,1-10H2,(H,28,30,31). The maximum absolute atomic E-state index is 13.3. The number of pyridine rings is 1. The van der Waals surface area contributed by atoms with Crippen LogP contribution in [-0.4, -0.2) is 65.8 Å². The molecule has 196 valence electrons. The molecule has 0 atom stereocenters. The van der Waals surface area contributed by atoms with Crippen molar-refractivity contribution in [2.75, 3.05) is 61.1 Å². The Hall–Kier alpha value is -3.74. The van der Waals surface area contributed by atoms with E-state index in [1.165, 1.54) is 6.07 Å². The molecule has 2 fully saturated rings. The number of alkyl halides is 3. The molecule has 0 bridgehead atoms. The Labute approximate surface area is 210 Å². The van der Waals surface area contributed by atoms with Gasteiger partial charge in [0.15, 0.2) is 0 Å². The number of nitro groups is 1. The second kappa shape index (κ2) is 10.3. The minimum atomic E-state index is -4.68. The summed E-state index contributed by atoms with van der Waals surface area (Å²) < 4.78 is 45.3. The van der Waals surface area contributed by atoms with Crippen LogP contribution in [0.15, 0.2) is 30.5 Å². The summed E-state index contributed by atoms with van der Waals surface area (Å²) >= 11 is 0. The highest BCUT2D eigenvalue weighted by Gasteiger charge is 2.32. The molecule has 1 aromatic carbocycles. The maximum atomic E-state index is 13.3. The average molecular weight is 518 g/mol. The Balaban J connectivity index is 1.43. The number of morpholine rings is 1. The summed E-state index contributed by atoms with van der Waals surface area (Å²) in [5, 5.41) is 15.2. The van der Waals surface area contributed by atoms with Crippen LogP contribution in [0, 0.1) is 10.1 Å². The molecule has 2 aliphatic rings. The average Bonchev–Trinajstić information content (AvgIpc) is 3.43. The Bertz CT molecular complexity index is 1290. The van der Waals surface area contributed by atoms with Crippen molar-refractivity contribution in [3.05, 3.63) is 51.7 Å². The molecule has 10 nitrogen and oxygen atoms in total. The molecule has 4 heterocycles. The van der Waals surface area contributed by atoms with Crippen molar-refractivity contribution in [2.45, 2.75) is 25.4 Å². The van der Waals surface area contributed by atoms with E-state index in [4.69, 9.17) is 14.7 Å². The number of benzene rings is 1. The van der Waals surface area contributed by atoms with Gasteiger partial charge < -0.3 is 19.9 Å². The van der Waals surface area contributed by atoms with Gasteiger partial charge in [-0.3, -0.25) is 10.1 Å². The Morgan fingerprint density at radius 2 is 1.78 bits per heavy atom. The number of aromatic nitrogens is 3. The smallest absolute Gasteiger partial charge is 0.378 e. The molecule has 0 amide bonds. The van der Waals surface area contributed by atoms with Crippen molar-refractivity contribution in [3.8, 4) is 0 Å². The second-order valence-electron chi connectivity index (χ2n) is 9.05. The number of nitrogens with zero attached hydrogens (tertiary/aromatic N) is 6. The molecule has 0 radical (unpaired) electrons. The van der Waals surface area contributed by atoms with Gasteiger partial charge in [-0.05, 0) is 37.0 Å². The zero-order valence-electron chi connectivity index (χ0n) is 20.0. The molecule has 2 saturated heterocycles. The molecule has 1 N–H and O–H groups in total. The first-order valence-electron chi connectivity index (χ1n) is 12.1. The molecule has 13 heteroatoms. The van der Waals surface area contributed by atoms with Gasteiger partial charge in [-0.15, -0.1) is 0 Å². The molecule has 2 aliphatic heterocycles. The highest BCUT2D eigenvalue weighted by Crippen LogP contribution is 2.33. The van der Waals surface area contributed by atoms with Crippen LogP contribution in [0.3, 0.4) is 0 Å². The number of hydrogen-bond donors (Lipinski definition) is 1. The van der Waals surface area contributed by atoms with Crippen LogP contribution in [-0.2, 0) is 17.3 Å². The Morgan fingerprint density at radius 1 is 1.03 bits per heavy atom. The maximum Gasteiger partial charge on any atom is 0.416 e. The summed E-state index contributed by atoms with van der Waals surface area (Å²) in [6.07, 6.45) is -0.632. The zero-order chi connectivity index (χ0) is 26.0. The first-order chi connectivity index (χ1) is 17.8. The van der Waals surface area contributed by atoms with Gasteiger partial charge in [0.25, 0.3) is 5.69 Å². The fourth-order valence-corrected chi connectivity index (χ4v) is 4.58. The third-order valence-electron chi connectivity index (χ3n) is 6.50. The first kappa shape index (κ1) is 24.9. The quantitative estimate of drug-likeness (QED) is 0.367.